The van der Waals surface area contributed by atoms with Crippen LogP contribution in [-0.2, 0) is 9.53 Å². The lowest BCUT2D eigenvalue weighted by atomic mass is 9.95. The summed E-state index contributed by atoms with van der Waals surface area (Å²) in [5.74, 6) is 2.06. The van der Waals surface area contributed by atoms with Crippen LogP contribution in [0.15, 0.2) is 0 Å². The van der Waals surface area contributed by atoms with E-state index >= 15 is 0 Å². The van der Waals surface area contributed by atoms with E-state index in [2.05, 4.69) is 5.92 Å². The lowest BCUT2D eigenvalue weighted by Crippen LogP contribution is -2.52. The second kappa shape index (κ2) is 4.56. The van der Waals surface area contributed by atoms with Crippen LogP contribution in [0.25, 0.3) is 0 Å². The number of nitrogens with zero attached hydrogens (tertiary/aromatic N) is 1. The van der Waals surface area contributed by atoms with Crippen LogP contribution in [0.4, 0.5) is 4.79 Å². The summed E-state index contributed by atoms with van der Waals surface area (Å²) in [4.78, 5) is 24.1. The van der Waals surface area contributed by atoms with E-state index in [4.69, 9.17) is 11.2 Å². The third-order valence-corrected chi connectivity index (χ3v) is 2.24. The number of hydrogen-bond donors (Lipinski definition) is 0. The molecule has 0 radical (unpaired) electrons. The molecule has 0 spiro atoms. The van der Waals surface area contributed by atoms with E-state index in [0.717, 1.165) is 0 Å². The first kappa shape index (κ1) is 12.6. The number of terminal acetylenes is 1. The van der Waals surface area contributed by atoms with Gasteiger partial charge in [-0.25, -0.2) is 4.79 Å². The number of carbonyl (C=O) groups excluding carboxylic acids is 2. The van der Waals surface area contributed by atoms with Gasteiger partial charge in [0.1, 0.15) is 5.60 Å². The van der Waals surface area contributed by atoms with Crippen molar-refractivity contribution >= 4 is 11.9 Å². The summed E-state index contributed by atoms with van der Waals surface area (Å²) in [6.45, 7) is 6.59. The molecule has 0 aromatic heterocycles. The molecule has 0 atom stereocenters. The van der Waals surface area contributed by atoms with E-state index < -0.39 is 5.60 Å². The highest BCUT2D eigenvalue weighted by Gasteiger charge is 2.34. The maximum absolute atomic E-state index is 11.5. The first-order chi connectivity index (χ1) is 7.31. The Hall–Kier alpha value is -1.50. The van der Waals surface area contributed by atoms with Crippen molar-refractivity contribution < 1.29 is 14.3 Å². The van der Waals surface area contributed by atoms with Gasteiger partial charge in [-0.2, -0.15) is 0 Å². The summed E-state index contributed by atoms with van der Waals surface area (Å²) in [5.41, 5.74) is -0.475. The molecule has 1 aliphatic heterocycles. The number of amides is 1. The van der Waals surface area contributed by atoms with Crippen LogP contribution in [0.2, 0.25) is 0 Å². The molecule has 16 heavy (non-hydrogen) atoms. The summed E-state index contributed by atoms with van der Waals surface area (Å²) in [5, 5.41) is 0. The van der Waals surface area contributed by atoms with Crippen molar-refractivity contribution in [2.24, 2.45) is 5.92 Å². The summed E-state index contributed by atoms with van der Waals surface area (Å²) >= 11 is 0. The van der Waals surface area contributed by atoms with Crippen molar-refractivity contribution in [3.8, 4) is 12.3 Å². The molecule has 0 aromatic carbocycles. The summed E-state index contributed by atoms with van der Waals surface area (Å²) in [6.07, 6.45) is 5.01. The molecular weight excluding hydrogens is 206 g/mol. The normalized spacial score (nSPS) is 16.2. The van der Waals surface area contributed by atoms with Crippen molar-refractivity contribution in [1.82, 2.24) is 4.90 Å². The van der Waals surface area contributed by atoms with Crippen molar-refractivity contribution in [1.29, 1.82) is 0 Å². The second-order valence-corrected chi connectivity index (χ2v) is 5.02. The first-order valence-corrected chi connectivity index (χ1v) is 5.29. The minimum Gasteiger partial charge on any atom is -0.444 e. The highest BCUT2D eigenvalue weighted by molar-refractivity contribution is 5.95. The Balaban J connectivity index is 2.29. The molecule has 0 bridgehead atoms. The van der Waals surface area contributed by atoms with Crippen LogP contribution in [0.1, 0.15) is 27.2 Å². The van der Waals surface area contributed by atoms with Crippen LogP contribution in [0, 0.1) is 18.3 Å². The van der Waals surface area contributed by atoms with Crippen molar-refractivity contribution in [2.45, 2.75) is 32.8 Å². The topological polar surface area (TPSA) is 46.6 Å². The minimum absolute atomic E-state index is 0.191. The molecule has 4 nitrogen and oxygen atoms in total. The zero-order chi connectivity index (χ0) is 12.3. The van der Waals surface area contributed by atoms with Gasteiger partial charge in [0.2, 0.25) is 5.78 Å². The Labute approximate surface area is 95.9 Å². The third kappa shape index (κ3) is 3.58. The summed E-state index contributed by atoms with van der Waals surface area (Å²) < 4.78 is 5.18. The molecule has 0 N–H and O–H groups in total. The molecule has 1 amide bonds. The molecule has 0 unspecified atom stereocenters. The van der Waals surface area contributed by atoms with Gasteiger partial charge in [0.05, 0.1) is 0 Å². The van der Waals surface area contributed by atoms with Gasteiger partial charge in [-0.3, -0.25) is 4.79 Å². The number of ether oxygens (including phenoxy) is 1. The first-order valence-electron chi connectivity index (χ1n) is 5.29. The number of rotatable bonds is 2. The van der Waals surface area contributed by atoms with Crippen LogP contribution < -0.4 is 0 Å². The molecule has 88 valence electrons. The van der Waals surface area contributed by atoms with Gasteiger partial charge < -0.3 is 9.64 Å². The molecule has 4 heteroatoms. The average molecular weight is 223 g/mol. The summed E-state index contributed by atoms with van der Waals surface area (Å²) in [6, 6.07) is 0. The predicted molar refractivity (Wildman–Crippen MR) is 59.8 cm³/mol. The lowest BCUT2D eigenvalue weighted by Gasteiger charge is -2.39. The van der Waals surface area contributed by atoms with Crippen molar-refractivity contribution in [3.05, 3.63) is 0 Å². The van der Waals surface area contributed by atoms with Gasteiger partial charge in [0.15, 0.2) is 0 Å². The van der Waals surface area contributed by atoms with Crippen LogP contribution in [-0.4, -0.2) is 35.5 Å². The van der Waals surface area contributed by atoms with Crippen LogP contribution in [0.3, 0.4) is 0 Å². The van der Waals surface area contributed by atoms with Gasteiger partial charge in [-0.05, 0) is 26.7 Å². The Morgan fingerprint density at radius 1 is 1.44 bits per heavy atom. The Bertz CT molecular complexity index is 329. The number of Topliss-reactive ketones (excluding diaryl/α,β-unsaturated/α-hetero) is 1. The average Bonchev–Trinajstić information content (AvgIpc) is 2.06. The molecule has 1 saturated heterocycles. The van der Waals surface area contributed by atoms with Gasteiger partial charge in [0.25, 0.3) is 0 Å². The fourth-order valence-electron chi connectivity index (χ4n) is 1.50. The van der Waals surface area contributed by atoms with E-state index in [1.54, 1.807) is 4.90 Å². The highest BCUT2D eigenvalue weighted by atomic mass is 16.6. The molecule has 0 saturated carbocycles. The zero-order valence-electron chi connectivity index (χ0n) is 9.95. The highest BCUT2D eigenvalue weighted by Crippen LogP contribution is 2.21. The SMILES string of the molecule is C#CC(=O)CC1CN(C(=O)OC(C)(C)C)C1. The third-order valence-electron chi connectivity index (χ3n) is 2.24. The quantitative estimate of drug-likeness (QED) is 0.525. The minimum atomic E-state index is -0.475. The Kier molecular flexibility index (Phi) is 3.58. The van der Waals surface area contributed by atoms with Crippen LogP contribution in [0.5, 0.6) is 0 Å². The smallest absolute Gasteiger partial charge is 0.410 e. The lowest BCUT2D eigenvalue weighted by molar-refractivity contribution is -0.116. The van der Waals surface area contributed by atoms with Crippen molar-refractivity contribution in [2.75, 3.05) is 13.1 Å². The van der Waals surface area contributed by atoms with E-state index in [-0.39, 0.29) is 17.8 Å². The fraction of sp³-hybridized carbons (Fsp3) is 0.667. The standard InChI is InChI=1S/C12H17NO3/c1-5-10(14)6-9-7-13(8-9)11(15)16-12(2,3)4/h1,9H,6-8H2,2-4H3. The van der Waals surface area contributed by atoms with E-state index in [1.165, 1.54) is 0 Å². The number of carbonyl (C=O) groups is 2. The summed E-state index contributed by atoms with van der Waals surface area (Å²) in [7, 11) is 0. The van der Waals surface area contributed by atoms with Gasteiger partial charge >= 0.3 is 6.09 Å². The van der Waals surface area contributed by atoms with Gasteiger partial charge in [-0.1, -0.05) is 0 Å². The zero-order valence-corrected chi connectivity index (χ0v) is 9.95. The van der Waals surface area contributed by atoms with E-state index in [1.807, 2.05) is 20.8 Å². The van der Waals surface area contributed by atoms with E-state index in [0.29, 0.717) is 19.5 Å². The predicted octanol–water partition coefficient (Wildman–Crippen LogP) is 1.45. The molecule has 1 rings (SSSR count). The number of likely N-dealkylation sites (tertiary alicyclic amines) is 1. The van der Waals surface area contributed by atoms with E-state index in [9.17, 15) is 9.59 Å². The second-order valence-electron chi connectivity index (χ2n) is 5.02. The maximum Gasteiger partial charge on any atom is 0.410 e. The number of ketones is 1. The van der Waals surface area contributed by atoms with Gasteiger partial charge in [0, 0.05) is 25.4 Å². The Morgan fingerprint density at radius 2 is 2.00 bits per heavy atom. The largest absolute Gasteiger partial charge is 0.444 e. The maximum atomic E-state index is 11.5. The van der Waals surface area contributed by atoms with Crippen molar-refractivity contribution in [3.63, 3.8) is 0 Å². The molecule has 0 aliphatic carbocycles. The monoisotopic (exact) mass is 223 g/mol. The molecule has 1 aliphatic rings. The number of hydrogen-bond acceptors (Lipinski definition) is 3. The molecule has 0 aromatic rings. The Morgan fingerprint density at radius 3 is 2.44 bits per heavy atom. The fourth-order valence-corrected chi connectivity index (χ4v) is 1.50. The molecule has 1 heterocycles. The van der Waals surface area contributed by atoms with Gasteiger partial charge in [-0.15, -0.1) is 6.42 Å². The molecular formula is C12H17NO3. The molecule has 1 fully saturated rings. The van der Waals surface area contributed by atoms with Crippen LogP contribution >= 0.6 is 0 Å².